The summed E-state index contributed by atoms with van der Waals surface area (Å²) in [5, 5.41) is 10.2. The normalized spacial score (nSPS) is 27.1. The number of carbonyl (C=O) groups is 2. The number of ether oxygens (including phenoxy) is 1. The van der Waals surface area contributed by atoms with E-state index in [2.05, 4.69) is 4.74 Å². The Hall–Kier alpha value is -1.16. The highest BCUT2D eigenvalue weighted by Gasteiger charge is 2.38. The minimum absolute atomic E-state index is 0.0220. The number of rotatable bonds is 5. The lowest BCUT2D eigenvalue weighted by atomic mass is 9.86. The van der Waals surface area contributed by atoms with Crippen LogP contribution in [0.25, 0.3) is 0 Å². The molecule has 108 valence electrons. The van der Waals surface area contributed by atoms with Gasteiger partial charge in [0.2, 0.25) is 0 Å². The largest absolute Gasteiger partial charge is 0.469 e. The van der Waals surface area contributed by atoms with E-state index in [1.165, 1.54) is 7.11 Å². The van der Waals surface area contributed by atoms with Gasteiger partial charge in [-0.1, -0.05) is 19.9 Å². The summed E-state index contributed by atoms with van der Waals surface area (Å²) in [6, 6.07) is 0. The summed E-state index contributed by atoms with van der Waals surface area (Å²) >= 11 is 0. The predicted octanol–water partition coefficient (Wildman–Crippen LogP) is 2.25. The molecule has 0 aromatic rings. The summed E-state index contributed by atoms with van der Waals surface area (Å²) in [6.45, 7) is 5.78. The molecule has 0 aromatic heterocycles. The van der Waals surface area contributed by atoms with Crippen molar-refractivity contribution in [3.8, 4) is 0 Å². The fourth-order valence-corrected chi connectivity index (χ4v) is 2.41. The van der Waals surface area contributed by atoms with Crippen LogP contribution in [0, 0.1) is 11.8 Å². The van der Waals surface area contributed by atoms with Crippen LogP contribution in [0.5, 0.6) is 0 Å². The molecule has 0 radical (unpaired) electrons. The third kappa shape index (κ3) is 4.16. The SMILES string of the molecule is COC(=O)CCC(C=C1C(=O)CCC1(C)O)C(C)C. The van der Waals surface area contributed by atoms with E-state index in [0.717, 1.165) is 0 Å². The van der Waals surface area contributed by atoms with Gasteiger partial charge in [0.15, 0.2) is 5.78 Å². The van der Waals surface area contributed by atoms with Gasteiger partial charge in [0.05, 0.1) is 12.7 Å². The van der Waals surface area contributed by atoms with Crippen LogP contribution in [0.3, 0.4) is 0 Å². The number of hydrogen-bond acceptors (Lipinski definition) is 4. The molecule has 2 atom stereocenters. The molecule has 0 aliphatic heterocycles. The van der Waals surface area contributed by atoms with Gasteiger partial charge >= 0.3 is 5.97 Å². The maximum absolute atomic E-state index is 11.8. The Morgan fingerprint density at radius 2 is 2.16 bits per heavy atom. The third-order valence-electron chi connectivity index (χ3n) is 3.87. The van der Waals surface area contributed by atoms with E-state index in [9.17, 15) is 14.7 Å². The first-order valence-electron chi connectivity index (χ1n) is 6.82. The van der Waals surface area contributed by atoms with E-state index in [1.54, 1.807) is 6.92 Å². The topological polar surface area (TPSA) is 63.6 Å². The van der Waals surface area contributed by atoms with Crippen LogP contribution >= 0.6 is 0 Å². The smallest absolute Gasteiger partial charge is 0.305 e. The predicted molar refractivity (Wildman–Crippen MR) is 72.5 cm³/mol. The molecule has 4 heteroatoms. The third-order valence-corrected chi connectivity index (χ3v) is 3.87. The highest BCUT2D eigenvalue weighted by atomic mass is 16.5. The standard InChI is InChI=1S/C15H24O4/c1-10(2)11(5-6-14(17)19-4)9-12-13(16)7-8-15(12,3)18/h9-11,18H,5-8H2,1-4H3. The summed E-state index contributed by atoms with van der Waals surface area (Å²) in [5.41, 5.74) is -0.508. The van der Waals surface area contributed by atoms with Crippen molar-refractivity contribution in [3.63, 3.8) is 0 Å². The first-order valence-corrected chi connectivity index (χ1v) is 6.82. The van der Waals surface area contributed by atoms with Crippen molar-refractivity contribution in [2.45, 2.75) is 52.1 Å². The van der Waals surface area contributed by atoms with Crippen molar-refractivity contribution in [2.75, 3.05) is 7.11 Å². The Morgan fingerprint density at radius 1 is 1.53 bits per heavy atom. The van der Waals surface area contributed by atoms with Gasteiger partial charge in [0.25, 0.3) is 0 Å². The maximum Gasteiger partial charge on any atom is 0.305 e. The maximum atomic E-state index is 11.8. The van der Waals surface area contributed by atoms with E-state index in [0.29, 0.717) is 37.2 Å². The number of ketones is 1. The van der Waals surface area contributed by atoms with Gasteiger partial charge in [0.1, 0.15) is 0 Å². The van der Waals surface area contributed by atoms with E-state index < -0.39 is 5.60 Å². The number of esters is 1. The van der Waals surface area contributed by atoms with Crippen LogP contribution in [-0.2, 0) is 14.3 Å². The van der Waals surface area contributed by atoms with Gasteiger partial charge < -0.3 is 9.84 Å². The molecule has 1 rings (SSSR count). The molecular weight excluding hydrogens is 244 g/mol. The summed E-state index contributed by atoms with van der Waals surface area (Å²) in [6.07, 6.45) is 3.72. The number of Topliss-reactive ketones (excluding diaryl/α,β-unsaturated/α-hetero) is 1. The van der Waals surface area contributed by atoms with Gasteiger partial charge in [-0.15, -0.1) is 0 Å². The first-order chi connectivity index (χ1) is 8.77. The van der Waals surface area contributed by atoms with E-state index >= 15 is 0 Å². The Labute approximate surface area is 114 Å². The van der Waals surface area contributed by atoms with Gasteiger partial charge in [-0.3, -0.25) is 9.59 Å². The minimum atomic E-state index is -1.02. The van der Waals surface area contributed by atoms with Gasteiger partial charge in [-0.2, -0.15) is 0 Å². The molecule has 4 nitrogen and oxygen atoms in total. The van der Waals surface area contributed by atoms with Crippen LogP contribution in [0.4, 0.5) is 0 Å². The van der Waals surface area contributed by atoms with Crippen molar-refractivity contribution in [1.29, 1.82) is 0 Å². The lowest BCUT2D eigenvalue weighted by Crippen LogP contribution is -2.24. The molecule has 0 bridgehead atoms. The second kappa shape index (κ2) is 6.33. The van der Waals surface area contributed by atoms with Crippen molar-refractivity contribution in [2.24, 2.45) is 11.8 Å². The molecule has 0 aromatic carbocycles. The molecule has 1 N–H and O–H groups in total. The highest BCUT2D eigenvalue weighted by Crippen LogP contribution is 2.34. The van der Waals surface area contributed by atoms with Crippen LogP contribution in [-0.4, -0.2) is 29.6 Å². The summed E-state index contributed by atoms with van der Waals surface area (Å²) in [5.74, 6) is 0.186. The van der Waals surface area contributed by atoms with E-state index in [1.807, 2.05) is 19.9 Å². The second-order valence-electron chi connectivity index (χ2n) is 5.80. The Bertz CT molecular complexity index is 380. The fraction of sp³-hybridized carbons (Fsp3) is 0.733. The molecule has 0 heterocycles. The van der Waals surface area contributed by atoms with E-state index in [-0.39, 0.29) is 17.7 Å². The molecule has 19 heavy (non-hydrogen) atoms. The summed E-state index contributed by atoms with van der Waals surface area (Å²) in [4.78, 5) is 23.0. The number of carbonyl (C=O) groups excluding carboxylic acids is 2. The minimum Gasteiger partial charge on any atom is -0.469 e. The zero-order valence-electron chi connectivity index (χ0n) is 12.2. The molecule has 1 aliphatic carbocycles. The zero-order valence-corrected chi connectivity index (χ0v) is 12.2. The second-order valence-corrected chi connectivity index (χ2v) is 5.80. The number of allylic oxidation sites excluding steroid dienone is 1. The molecule has 1 fully saturated rings. The van der Waals surface area contributed by atoms with Crippen molar-refractivity contribution < 1.29 is 19.4 Å². The Morgan fingerprint density at radius 3 is 2.58 bits per heavy atom. The lowest BCUT2D eigenvalue weighted by molar-refractivity contribution is -0.140. The molecule has 0 amide bonds. The first kappa shape index (κ1) is 15.9. The monoisotopic (exact) mass is 268 g/mol. The Kier molecular flexibility index (Phi) is 5.29. The van der Waals surface area contributed by atoms with Gasteiger partial charge in [-0.05, 0) is 31.6 Å². The highest BCUT2D eigenvalue weighted by molar-refractivity contribution is 5.99. The average molecular weight is 268 g/mol. The number of aliphatic hydroxyl groups is 1. The zero-order chi connectivity index (χ0) is 14.6. The van der Waals surface area contributed by atoms with Crippen molar-refractivity contribution in [1.82, 2.24) is 0 Å². The average Bonchev–Trinajstić information content (AvgIpc) is 2.59. The molecule has 2 unspecified atom stereocenters. The van der Waals surface area contributed by atoms with Crippen LogP contribution in [0.15, 0.2) is 11.6 Å². The van der Waals surface area contributed by atoms with E-state index in [4.69, 9.17) is 0 Å². The Balaban J connectivity index is 2.82. The van der Waals surface area contributed by atoms with Crippen molar-refractivity contribution in [3.05, 3.63) is 11.6 Å². The fourth-order valence-electron chi connectivity index (χ4n) is 2.41. The molecular formula is C15H24O4. The number of hydrogen-bond donors (Lipinski definition) is 1. The molecule has 1 aliphatic rings. The van der Waals surface area contributed by atoms with Crippen LogP contribution in [0.2, 0.25) is 0 Å². The van der Waals surface area contributed by atoms with Crippen LogP contribution < -0.4 is 0 Å². The van der Waals surface area contributed by atoms with Gasteiger partial charge in [-0.25, -0.2) is 0 Å². The lowest BCUT2D eigenvalue weighted by Gasteiger charge is -2.22. The quantitative estimate of drug-likeness (QED) is 0.613. The van der Waals surface area contributed by atoms with Crippen LogP contribution in [0.1, 0.15) is 46.5 Å². The molecule has 1 saturated carbocycles. The summed E-state index contributed by atoms with van der Waals surface area (Å²) < 4.78 is 4.64. The molecule has 0 saturated heterocycles. The molecule has 0 spiro atoms. The van der Waals surface area contributed by atoms with Gasteiger partial charge in [0, 0.05) is 18.4 Å². The van der Waals surface area contributed by atoms with Crippen molar-refractivity contribution >= 4 is 11.8 Å². The summed E-state index contributed by atoms with van der Waals surface area (Å²) in [7, 11) is 1.37. The number of methoxy groups -OCH3 is 1.